The molecule has 2 aromatic carbocycles. The lowest BCUT2D eigenvalue weighted by Crippen LogP contribution is -2.11. The van der Waals surface area contributed by atoms with Gasteiger partial charge in [-0.15, -0.1) is 0 Å². The fourth-order valence-electron chi connectivity index (χ4n) is 2.45. The van der Waals surface area contributed by atoms with E-state index in [1.807, 2.05) is 67.6 Å². The molecule has 1 heterocycles. The molecule has 1 aromatic heterocycles. The number of carboxylic acid groups (broad SMARTS) is 1. The van der Waals surface area contributed by atoms with Crippen LogP contribution in [-0.2, 0) is 11.3 Å². The zero-order chi connectivity index (χ0) is 15.5. The van der Waals surface area contributed by atoms with Crippen molar-refractivity contribution in [2.24, 2.45) is 0 Å². The normalized spacial score (nSPS) is 10.6. The first-order chi connectivity index (χ1) is 10.6. The molecule has 0 fully saturated rings. The van der Waals surface area contributed by atoms with Crippen molar-refractivity contribution in [1.29, 1.82) is 0 Å². The van der Waals surface area contributed by atoms with Crippen LogP contribution in [0.5, 0.6) is 0 Å². The molecular weight excluding hydrogens is 276 g/mol. The molecule has 0 aliphatic heterocycles. The van der Waals surface area contributed by atoms with Crippen LogP contribution in [0.15, 0.2) is 60.7 Å². The Hall–Kier alpha value is -2.88. The Morgan fingerprint density at radius 3 is 2.45 bits per heavy atom. The maximum absolute atomic E-state index is 11.1. The molecule has 0 spiro atoms. The van der Waals surface area contributed by atoms with Gasteiger partial charge >= 0.3 is 5.97 Å². The van der Waals surface area contributed by atoms with Crippen LogP contribution >= 0.6 is 0 Å². The fourth-order valence-corrected chi connectivity index (χ4v) is 2.45. The van der Waals surface area contributed by atoms with Gasteiger partial charge in [0, 0.05) is 5.56 Å². The zero-order valence-corrected chi connectivity index (χ0v) is 12.2. The Morgan fingerprint density at radius 1 is 1.05 bits per heavy atom. The Morgan fingerprint density at radius 2 is 1.77 bits per heavy atom. The summed E-state index contributed by atoms with van der Waals surface area (Å²) < 4.78 is 1.54. The van der Waals surface area contributed by atoms with Gasteiger partial charge in [-0.05, 0) is 24.6 Å². The predicted octanol–water partition coefficient (Wildman–Crippen LogP) is 3.61. The van der Waals surface area contributed by atoms with Gasteiger partial charge in [-0.2, -0.15) is 5.10 Å². The van der Waals surface area contributed by atoms with Crippen LogP contribution in [0.3, 0.4) is 0 Å². The summed E-state index contributed by atoms with van der Waals surface area (Å²) in [6, 6.07) is 19.7. The molecule has 1 N–H and O–H groups in total. The highest BCUT2D eigenvalue weighted by Gasteiger charge is 2.13. The quantitative estimate of drug-likeness (QED) is 0.799. The van der Waals surface area contributed by atoms with Crippen molar-refractivity contribution >= 4 is 5.97 Å². The molecular formula is C18H16N2O2. The minimum Gasteiger partial charge on any atom is -0.480 e. The van der Waals surface area contributed by atoms with E-state index in [1.54, 1.807) is 0 Å². The van der Waals surface area contributed by atoms with Crippen molar-refractivity contribution in [3.8, 4) is 22.5 Å². The molecule has 4 nitrogen and oxygen atoms in total. The minimum atomic E-state index is -0.906. The molecule has 4 heteroatoms. The summed E-state index contributed by atoms with van der Waals surface area (Å²) in [5.41, 5.74) is 4.67. The SMILES string of the molecule is Cc1cccc(-c2cc(-c3ccccc3)n(CC(=O)O)n2)c1. The summed E-state index contributed by atoms with van der Waals surface area (Å²) in [5.74, 6) is -0.906. The van der Waals surface area contributed by atoms with Crippen LogP contribution in [0, 0.1) is 6.92 Å². The van der Waals surface area contributed by atoms with Gasteiger partial charge in [0.1, 0.15) is 6.54 Å². The predicted molar refractivity (Wildman–Crippen MR) is 85.5 cm³/mol. The molecule has 3 rings (SSSR count). The van der Waals surface area contributed by atoms with Gasteiger partial charge in [-0.1, -0.05) is 54.1 Å². The molecule has 0 unspecified atom stereocenters. The summed E-state index contributed by atoms with van der Waals surface area (Å²) in [6.45, 7) is 1.87. The third-order valence-corrected chi connectivity index (χ3v) is 3.45. The fraction of sp³-hybridized carbons (Fsp3) is 0.111. The summed E-state index contributed by atoms with van der Waals surface area (Å²) in [6.07, 6.45) is 0. The number of nitrogens with zero attached hydrogens (tertiary/aromatic N) is 2. The molecule has 0 aliphatic carbocycles. The van der Waals surface area contributed by atoms with Crippen LogP contribution in [0.4, 0.5) is 0 Å². The van der Waals surface area contributed by atoms with Crippen molar-refractivity contribution in [3.63, 3.8) is 0 Å². The van der Waals surface area contributed by atoms with E-state index in [4.69, 9.17) is 5.11 Å². The number of aryl methyl sites for hydroxylation is 1. The van der Waals surface area contributed by atoms with Crippen LogP contribution in [0.1, 0.15) is 5.56 Å². The van der Waals surface area contributed by atoms with Gasteiger partial charge in [-0.25, -0.2) is 0 Å². The number of hydrogen-bond donors (Lipinski definition) is 1. The average Bonchev–Trinajstić information content (AvgIpc) is 2.91. The Bertz CT molecular complexity index is 807. The Labute approximate surface area is 128 Å². The van der Waals surface area contributed by atoms with E-state index >= 15 is 0 Å². The van der Waals surface area contributed by atoms with Crippen LogP contribution in [0.2, 0.25) is 0 Å². The molecule has 0 amide bonds. The number of hydrogen-bond acceptors (Lipinski definition) is 2. The highest BCUT2D eigenvalue weighted by molar-refractivity contribution is 5.72. The largest absolute Gasteiger partial charge is 0.480 e. The number of benzene rings is 2. The van der Waals surface area contributed by atoms with Crippen molar-refractivity contribution in [3.05, 3.63) is 66.2 Å². The van der Waals surface area contributed by atoms with E-state index in [9.17, 15) is 4.79 Å². The van der Waals surface area contributed by atoms with Gasteiger partial charge < -0.3 is 5.11 Å². The second-order valence-electron chi connectivity index (χ2n) is 5.20. The van der Waals surface area contributed by atoms with Gasteiger partial charge in [0.2, 0.25) is 0 Å². The second-order valence-corrected chi connectivity index (χ2v) is 5.20. The van der Waals surface area contributed by atoms with Crippen molar-refractivity contribution in [1.82, 2.24) is 9.78 Å². The Kier molecular flexibility index (Phi) is 3.74. The lowest BCUT2D eigenvalue weighted by atomic mass is 10.1. The lowest BCUT2D eigenvalue weighted by Gasteiger charge is -2.04. The molecule has 3 aromatic rings. The molecule has 0 bridgehead atoms. The molecule has 0 saturated carbocycles. The topological polar surface area (TPSA) is 55.1 Å². The maximum atomic E-state index is 11.1. The molecule has 22 heavy (non-hydrogen) atoms. The molecule has 110 valence electrons. The summed E-state index contributed by atoms with van der Waals surface area (Å²) in [5, 5.41) is 13.6. The Balaban J connectivity index is 2.10. The number of aromatic nitrogens is 2. The van der Waals surface area contributed by atoms with Crippen molar-refractivity contribution in [2.45, 2.75) is 13.5 Å². The first kappa shape index (κ1) is 14.1. The van der Waals surface area contributed by atoms with Gasteiger partial charge in [0.15, 0.2) is 0 Å². The highest BCUT2D eigenvalue weighted by atomic mass is 16.4. The van der Waals surface area contributed by atoms with Gasteiger partial charge in [0.25, 0.3) is 0 Å². The third-order valence-electron chi connectivity index (χ3n) is 3.45. The number of carbonyl (C=O) groups is 1. The smallest absolute Gasteiger partial charge is 0.325 e. The maximum Gasteiger partial charge on any atom is 0.325 e. The third kappa shape index (κ3) is 2.91. The highest BCUT2D eigenvalue weighted by Crippen LogP contribution is 2.26. The first-order valence-electron chi connectivity index (χ1n) is 7.05. The van der Waals surface area contributed by atoms with Crippen LogP contribution < -0.4 is 0 Å². The zero-order valence-electron chi connectivity index (χ0n) is 12.2. The van der Waals surface area contributed by atoms with E-state index in [2.05, 4.69) is 5.10 Å². The summed E-state index contributed by atoms with van der Waals surface area (Å²) >= 11 is 0. The minimum absolute atomic E-state index is 0.157. The first-order valence-corrected chi connectivity index (χ1v) is 7.05. The van der Waals surface area contributed by atoms with Gasteiger partial charge in [-0.3, -0.25) is 9.48 Å². The van der Waals surface area contributed by atoms with Crippen LogP contribution in [-0.4, -0.2) is 20.9 Å². The van der Waals surface area contributed by atoms with Gasteiger partial charge in [0.05, 0.1) is 11.4 Å². The lowest BCUT2D eigenvalue weighted by molar-refractivity contribution is -0.137. The monoisotopic (exact) mass is 292 g/mol. The standard InChI is InChI=1S/C18H16N2O2/c1-13-6-5-9-15(10-13)16-11-17(14-7-3-2-4-8-14)20(19-16)12-18(21)22/h2-11H,12H2,1H3,(H,21,22). The van der Waals surface area contributed by atoms with E-state index in [1.165, 1.54) is 4.68 Å². The number of carboxylic acids is 1. The average molecular weight is 292 g/mol. The second kappa shape index (κ2) is 5.85. The van der Waals surface area contributed by atoms with Crippen molar-refractivity contribution < 1.29 is 9.90 Å². The number of aliphatic carboxylic acids is 1. The van der Waals surface area contributed by atoms with E-state index in [0.717, 1.165) is 28.1 Å². The summed E-state index contributed by atoms with van der Waals surface area (Å²) in [4.78, 5) is 11.1. The molecule has 0 saturated heterocycles. The van der Waals surface area contributed by atoms with Crippen LogP contribution in [0.25, 0.3) is 22.5 Å². The molecule has 0 radical (unpaired) electrons. The van der Waals surface area contributed by atoms with E-state index in [0.29, 0.717) is 0 Å². The molecule has 0 aliphatic rings. The molecule has 0 atom stereocenters. The van der Waals surface area contributed by atoms with E-state index in [-0.39, 0.29) is 6.54 Å². The number of rotatable bonds is 4. The summed E-state index contributed by atoms with van der Waals surface area (Å²) in [7, 11) is 0. The van der Waals surface area contributed by atoms with E-state index < -0.39 is 5.97 Å². The van der Waals surface area contributed by atoms with Crippen molar-refractivity contribution in [2.75, 3.05) is 0 Å².